The van der Waals surface area contributed by atoms with Crippen molar-refractivity contribution in [2.45, 2.75) is 13.8 Å². The molecule has 50 valence electrons. The molecular weight excluding hydrogens is 122 g/mol. The Bertz CT molecular complexity index is 278. The van der Waals surface area contributed by atoms with Crippen molar-refractivity contribution in [1.29, 1.82) is 0 Å². The predicted molar refractivity (Wildman–Crippen MR) is 41.5 cm³/mol. The van der Waals surface area contributed by atoms with E-state index < -0.39 is 0 Å². The maximum atomic E-state index is 4.10. The second-order valence-electron chi connectivity index (χ2n) is 2.01. The third-order valence-electron chi connectivity index (χ3n) is 1.27. The van der Waals surface area contributed by atoms with Crippen LogP contribution in [-0.4, -0.2) is 4.98 Å². The van der Waals surface area contributed by atoms with E-state index in [2.05, 4.69) is 16.8 Å². The molecular formula is C9H9N. The predicted octanol–water partition coefficient (Wildman–Crippen LogP) is 1.76. The van der Waals surface area contributed by atoms with Crippen molar-refractivity contribution in [2.24, 2.45) is 0 Å². The van der Waals surface area contributed by atoms with Crippen LogP contribution in [0.25, 0.3) is 0 Å². The molecule has 1 aromatic heterocycles. The minimum atomic E-state index is 0.997. The largest absolute Gasteiger partial charge is 0.260 e. The lowest BCUT2D eigenvalue weighted by atomic mass is 10.2. The number of hydrogen-bond acceptors (Lipinski definition) is 1. The number of hydrogen-bond donors (Lipinski definition) is 0. The minimum Gasteiger partial charge on any atom is -0.260 e. The molecule has 0 unspecified atom stereocenters. The SMILES string of the molecule is CC#Cc1cccnc1C. The molecule has 0 N–H and O–H groups in total. The van der Waals surface area contributed by atoms with Gasteiger partial charge in [-0.2, -0.15) is 0 Å². The van der Waals surface area contributed by atoms with E-state index >= 15 is 0 Å². The molecule has 1 nitrogen and oxygen atoms in total. The van der Waals surface area contributed by atoms with Gasteiger partial charge in [0.15, 0.2) is 0 Å². The highest BCUT2D eigenvalue weighted by Gasteiger charge is 1.89. The first-order chi connectivity index (χ1) is 4.84. The van der Waals surface area contributed by atoms with Gasteiger partial charge in [-0.05, 0) is 26.0 Å². The molecule has 0 aromatic carbocycles. The normalized spacial score (nSPS) is 8.20. The Labute approximate surface area is 61.1 Å². The summed E-state index contributed by atoms with van der Waals surface area (Å²) in [5.41, 5.74) is 2.02. The van der Waals surface area contributed by atoms with Crippen LogP contribution in [0, 0.1) is 18.8 Å². The second-order valence-corrected chi connectivity index (χ2v) is 2.01. The third-order valence-corrected chi connectivity index (χ3v) is 1.27. The molecule has 0 aliphatic heterocycles. The average Bonchev–Trinajstić information content (AvgIpc) is 1.94. The highest BCUT2D eigenvalue weighted by Crippen LogP contribution is 1.99. The quantitative estimate of drug-likeness (QED) is 0.489. The standard InChI is InChI=1S/C9H9N/c1-3-5-9-6-4-7-10-8(9)2/h4,6-7H,1-2H3. The van der Waals surface area contributed by atoms with Crippen LogP contribution >= 0.6 is 0 Å². The fourth-order valence-electron chi connectivity index (χ4n) is 0.751. The van der Waals surface area contributed by atoms with E-state index in [1.54, 1.807) is 6.20 Å². The van der Waals surface area contributed by atoms with Crippen LogP contribution in [0.2, 0.25) is 0 Å². The van der Waals surface area contributed by atoms with Crippen molar-refractivity contribution in [3.8, 4) is 11.8 Å². The maximum Gasteiger partial charge on any atom is 0.0528 e. The Hall–Kier alpha value is -1.29. The van der Waals surface area contributed by atoms with Crippen molar-refractivity contribution in [2.75, 3.05) is 0 Å². The first-order valence-corrected chi connectivity index (χ1v) is 3.19. The molecule has 0 spiro atoms. The van der Waals surface area contributed by atoms with Crippen molar-refractivity contribution in [1.82, 2.24) is 4.98 Å². The van der Waals surface area contributed by atoms with Crippen LogP contribution in [0.5, 0.6) is 0 Å². The molecule has 0 saturated heterocycles. The molecule has 1 heterocycles. The van der Waals surface area contributed by atoms with Gasteiger partial charge in [-0.25, -0.2) is 0 Å². The zero-order chi connectivity index (χ0) is 7.40. The van der Waals surface area contributed by atoms with Crippen LogP contribution in [0.3, 0.4) is 0 Å². The molecule has 0 saturated carbocycles. The van der Waals surface area contributed by atoms with Crippen LogP contribution < -0.4 is 0 Å². The number of nitrogens with zero attached hydrogens (tertiary/aromatic N) is 1. The van der Waals surface area contributed by atoms with Crippen LogP contribution in [0.15, 0.2) is 18.3 Å². The molecule has 1 heteroatoms. The van der Waals surface area contributed by atoms with Gasteiger partial charge < -0.3 is 0 Å². The van der Waals surface area contributed by atoms with Crippen LogP contribution in [0.1, 0.15) is 18.2 Å². The summed E-state index contributed by atoms with van der Waals surface area (Å²) in [6.45, 7) is 3.78. The van der Waals surface area contributed by atoms with E-state index in [1.165, 1.54) is 0 Å². The van der Waals surface area contributed by atoms with Crippen molar-refractivity contribution >= 4 is 0 Å². The summed E-state index contributed by atoms with van der Waals surface area (Å²) in [4.78, 5) is 4.10. The van der Waals surface area contributed by atoms with E-state index in [9.17, 15) is 0 Å². The molecule has 0 bridgehead atoms. The maximum absolute atomic E-state index is 4.10. The number of rotatable bonds is 0. The minimum absolute atomic E-state index is 0.997. The van der Waals surface area contributed by atoms with Gasteiger partial charge in [0.05, 0.1) is 5.69 Å². The molecule has 0 amide bonds. The number of pyridine rings is 1. The molecule has 0 aliphatic carbocycles. The summed E-state index contributed by atoms with van der Waals surface area (Å²) >= 11 is 0. The lowest BCUT2D eigenvalue weighted by Gasteiger charge is -1.92. The summed E-state index contributed by atoms with van der Waals surface area (Å²) in [6, 6.07) is 3.87. The highest BCUT2D eigenvalue weighted by molar-refractivity contribution is 5.36. The Morgan fingerprint density at radius 3 is 2.90 bits per heavy atom. The van der Waals surface area contributed by atoms with Gasteiger partial charge in [0.1, 0.15) is 0 Å². The molecule has 0 radical (unpaired) electrons. The van der Waals surface area contributed by atoms with E-state index in [0.717, 1.165) is 11.3 Å². The zero-order valence-electron chi connectivity index (χ0n) is 6.18. The Balaban J connectivity index is 3.11. The lowest BCUT2D eigenvalue weighted by molar-refractivity contribution is 1.19. The van der Waals surface area contributed by atoms with Crippen LogP contribution in [0.4, 0.5) is 0 Å². The molecule has 1 aromatic rings. The first-order valence-electron chi connectivity index (χ1n) is 3.19. The monoisotopic (exact) mass is 131 g/mol. The molecule has 10 heavy (non-hydrogen) atoms. The van der Waals surface area contributed by atoms with E-state index in [-0.39, 0.29) is 0 Å². The zero-order valence-corrected chi connectivity index (χ0v) is 6.18. The third kappa shape index (κ3) is 1.35. The molecule has 1 rings (SSSR count). The molecule has 0 aliphatic rings. The first kappa shape index (κ1) is 6.82. The number of aromatic nitrogens is 1. The summed E-state index contributed by atoms with van der Waals surface area (Å²) in [6.07, 6.45) is 1.77. The van der Waals surface area contributed by atoms with E-state index in [1.807, 2.05) is 26.0 Å². The summed E-state index contributed by atoms with van der Waals surface area (Å²) in [5.74, 6) is 5.80. The molecule has 0 fully saturated rings. The van der Waals surface area contributed by atoms with Crippen molar-refractivity contribution in [3.63, 3.8) is 0 Å². The smallest absolute Gasteiger partial charge is 0.0528 e. The Morgan fingerprint density at radius 2 is 2.30 bits per heavy atom. The molecule has 0 atom stereocenters. The van der Waals surface area contributed by atoms with Gasteiger partial charge in [-0.3, -0.25) is 4.98 Å². The van der Waals surface area contributed by atoms with Gasteiger partial charge in [0.25, 0.3) is 0 Å². The Kier molecular flexibility index (Phi) is 2.07. The van der Waals surface area contributed by atoms with Gasteiger partial charge >= 0.3 is 0 Å². The van der Waals surface area contributed by atoms with Gasteiger partial charge in [0.2, 0.25) is 0 Å². The summed E-state index contributed by atoms with van der Waals surface area (Å²) in [7, 11) is 0. The summed E-state index contributed by atoms with van der Waals surface area (Å²) < 4.78 is 0. The van der Waals surface area contributed by atoms with Crippen molar-refractivity contribution in [3.05, 3.63) is 29.6 Å². The number of aryl methyl sites for hydroxylation is 1. The highest BCUT2D eigenvalue weighted by atomic mass is 14.7. The fourth-order valence-corrected chi connectivity index (χ4v) is 0.751. The van der Waals surface area contributed by atoms with Gasteiger partial charge in [-0.1, -0.05) is 5.92 Å². The van der Waals surface area contributed by atoms with Crippen LogP contribution in [-0.2, 0) is 0 Å². The topological polar surface area (TPSA) is 12.9 Å². The lowest BCUT2D eigenvalue weighted by Crippen LogP contribution is -1.84. The second kappa shape index (κ2) is 3.03. The van der Waals surface area contributed by atoms with E-state index in [4.69, 9.17) is 0 Å². The van der Waals surface area contributed by atoms with Gasteiger partial charge in [-0.15, -0.1) is 5.92 Å². The average molecular weight is 131 g/mol. The summed E-state index contributed by atoms with van der Waals surface area (Å²) in [5, 5.41) is 0. The van der Waals surface area contributed by atoms with Crippen molar-refractivity contribution < 1.29 is 0 Å². The fraction of sp³-hybridized carbons (Fsp3) is 0.222. The Morgan fingerprint density at radius 1 is 1.50 bits per heavy atom. The van der Waals surface area contributed by atoms with Gasteiger partial charge in [0, 0.05) is 11.8 Å². The van der Waals surface area contributed by atoms with E-state index in [0.29, 0.717) is 0 Å².